The fourth-order valence-corrected chi connectivity index (χ4v) is 18.5. The molecule has 0 radical (unpaired) electrons. The average molecular weight is 689 g/mol. The highest BCUT2D eigenvalue weighted by molar-refractivity contribution is 6.96. The SMILES string of the molecule is Cc1cc(C(C)(C)C)ccc1-c1cccc2c1C=C([Si](C1=Cc3c(cccc3-c3ccc(C(C)(C)C)cc3C)C1)(C1CCCC1)C1CCCC1)C2. The van der Waals surface area contributed by atoms with Gasteiger partial charge in [-0.2, -0.15) is 0 Å². The standard InChI is InChI=1S/C50H60Si/c1-33-27-37(49(3,4)5)23-25-43(33)45-21-13-15-35-29-41(31-47(35)45)51(39-17-9-10-18-39,40-19-11-12-20-40)42-30-36-16-14-22-46(48(36)32-42)44-26-24-38(28-34(44)2)50(6,7)8/h13-16,21-28,31-32,39-40H,9-12,17-20,29-30H2,1-8H3. The average Bonchev–Trinajstić information content (AvgIpc) is 3.92. The second-order valence-corrected chi connectivity index (χ2v) is 23.5. The molecule has 0 bridgehead atoms. The molecule has 0 saturated heterocycles. The van der Waals surface area contributed by atoms with Crippen LogP contribution in [0.2, 0.25) is 11.1 Å². The van der Waals surface area contributed by atoms with Gasteiger partial charge in [-0.1, -0.05) is 188 Å². The highest BCUT2D eigenvalue weighted by atomic mass is 28.3. The molecular formula is C50H60Si. The van der Waals surface area contributed by atoms with E-state index in [2.05, 4.69) is 140 Å². The fourth-order valence-electron chi connectivity index (χ4n) is 11.0. The minimum atomic E-state index is -2.08. The summed E-state index contributed by atoms with van der Waals surface area (Å²) in [6.07, 6.45) is 19.3. The van der Waals surface area contributed by atoms with E-state index >= 15 is 0 Å². The van der Waals surface area contributed by atoms with Gasteiger partial charge in [-0.25, -0.2) is 0 Å². The van der Waals surface area contributed by atoms with Gasteiger partial charge < -0.3 is 0 Å². The van der Waals surface area contributed by atoms with Crippen molar-refractivity contribution in [1.29, 1.82) is 0 Å². The molecule has 0 aromatic heterocycles. The molecule has 4 aliphatic carbocycles. The van der Waals surface area contributed by atoms with Gasteiger partial charge >= 0.3 is 0 Å². The highest BCUT2D eigenvalue weighted by Crippen LogP contribution is 2.60. The Hall–Kier alpha value is -3.42. The number of hydrogen-bond acceptors (Lipinski definition) is 0. The van der Waals surface area contributed by atoms with Gasteiger partial charge in [0.15, 0.2) is 0 Å². The van der Waals surface area contributed by atoms with Gasteiger partial charge in [0.2, 0.25) is 0 Å². The normalized spacial score (nSPS) is 18.3. The number of allylic oxidation sites excluding steroid dienone is 2. The third kappa shape index (κ3) is 5.96. The Labute approximate surface area is 310 Å². The number of fused-ring (bicyclic) bond motifs is 2. The number of rotatable bonds is 6. The van der Waals surface area contributed by atoms with Crippen LogP contribution in [0.15, 0.2) is 83.2 Å². The van der Waals surface area contributed by atoms with Crippen molar-refractivity contribution in [3.63, 3.8) is 0 Å². The van der Waals surface area contributed by atoms with Crippen LogP contribution in [-0.2, 0) is 23.7 Å². The Morgan fingerprint density at radius 2 is 0.882 bits per heavy atom. The van der Waals surface area contributed by atoms with Crippen molar-refractivity contribution in [2.24, 2.45) is 0 Å². The topological polar surface area (TPSA) is 0 Å². The molecule has 4 aliphatic rings. The Balaban J connectivity index is 1.27. The predicted octanol–water partition coefficient (Wildman–Crippen LogP) is 14.2. The van der Waals surface area contributed by atoms with Crippen LogP contribution < -0.4 is 0 Å². The molecule has 0 spiro atoms. The van der Waals surface area contributed by atoms with Gasteiger partial charge in [-0.15, -0.1) is 0 Å². The van der Waals surface area contributed by atoms with Crippen molar-refractivity contribution in [3.05, 3.63) is 128 Å². The van der Waals surface area contributed by atoms with E-state index in [1.165, 1.54) is 107 Å². The van der Waals surface area contributed by atoms with Gasteiger partial charge in [0.25, 0.3) is 0 Å². The van der Waals surface area contributed by atoms with Gasteiger partial charge in [0.1, 0.15) is 8.07 Å². The molecular weight excluding hydrogens is 629 g/mol. The molecule has 264 valence electrons. The Bertz CT molecular complexity index is 1890. The lowest BCUT2D eigenvalue weighted by molar-refractivity contribution is 0.589. The maximum absolute atomic E-state index is 2.80. The molecule has 0 nitrogen and oxygen atoms in total. The predicted molar refractivity (Wildman–Crippen MR) is 224 cm³/mol. The van der Waals surface area contributed by atoms with E-state index in [1.54, 1.807) is 11.1 Å². The second-order valence-electron chi connectivity index (χ2n) is 18.8. The summed E-state index contributed by atoms with van der Waals surface area (Å²) in [5.74, 6) is 0. The van der Waals surface area contributed by atoms with Crippen LogP contribution in [0.5, 0.6) is 0 Å². The van der Waals surface area contributed by atoms with Crippen LogP contribution in [0.25, 0.3) is 34.4 Å². The van der Waals surface area contributed by atoms with Crippen molar-refractivity contribution in [1.82, 2.24) is 0 Å². The molecule has 8 rings (SSSR count). The van der Waals surface area contributed by atoms with Crippen molar-refractivity contribution >= 4 is 20.2 Å². The molecule has 0 N–H and O–H groups in total. The zero-order valence-electron chi connectivity index (χ0n) is 32.8. The minimum absolute atomic E-state index is 0.157. The zero-order chi connectivity index (χ0) is 35.7. The van der Waals surface area contributed by atoms with Crippen LogP contribution >= 0.6 is 0 Å². The molecule has 0 aliphatic heterocycles. The van der Waals surface area contributed by atoms with Gasteiger partial charge in [0.05, 0.1) is 0 Å². The van der Waals surface area contributed by atoms with Gasteiger partial charge in [-0.3, -0.25) is 0 Å². The number of hydrogen-bond donors (Lipinski definition) is 0. The largest absolute Gasteiger partial charge is 0.115 e. The fraction of sp³-hybridized carbons (Fsp3) is 0.440. The third-order valence-corrected chi connectivity index (χ3v) is 20.1. The van der Waals surface area contributed by atoms with Crippen LogP contribution in [0, 0.1) is 13.8 Å². The summed E-state index contributed by atoms with van der Waals surface area (Å²) in [6, 6.07) is 28.9. The molecule has 0 unspecified atom stereocenters. The Morgan fingerprint density at radius 3 is 1.24 bits per heavy atom. The summed E-state index contributed by atoms with van der Waals surface area (Å²) in [6.45, 7) is 18.6. The van der Waals surface area contributed by atoms with Crippen molar-refractivity contribution in [2.75, 3.05) is 0 Å². The molecule has 51 heavy (non-hydrogen) atoms. The maximum atomic E-state index is 2.80. The first-order valence-electron chi connectivity index (χ1n) is 20.2. The zero-order valence-corrected chi connectivity index (χ0v) is 33.8. The van der Waals surface area contributed by atoms with E-state index in [1.807, 2.05) is 10.4 Å². The van der Waals surface area contributed by atoms with Crippen LogP contribution in [0.4, 0.5) is 0 Å². The summed E-state index contributed by atoms with van der Waals surface area (Å²) in [4.78, 5) is 0. The second kappa shape index (κ2) is 12.9. The quantitative estimate of drug-likeness (QED) is 0.177. The first-order chi connectivity index (χ1) is 24.4. The van der Waals surface area contributed by atoms with E-state index < -0.39 is 8.07 Å². The lowest BCUT2D eigenvalue weighted by atomic mass is 9.84. The lowest BCUT2D eigenvalue weighted by Gasteiger charge is -2.45. The minimum Gasteiger partial charge on any atom is -0.0704 e. The number of benzene rings is 4. The van der Waals surface area contributed by atoms with Crippen molar-refractivity contribution < 1.29 is 0 Å². The molecule has 4 aromatic carbocycles. The summed E-state index contributed by atoms with van der Waals surface area (Å²) in [7, 11) is -2.08. The van der Waals surface area contributed by atoms with Crippen LogP contribution in [0.1, 0.15) is 137 Å². The van der Waals surface area contributed by atoms with Gasteiger partial charge in [0, 0.05) is 0 Å². The van der Waals surface area contributed by atoms with Crippen LogP contribution in [0.3, 0.4) is 0 Å². The van der Waals surface area contributed by atoms with E-state index in [-0.39, 0.29) is 10.8 Å². The third-order valence-electron chi connectivity index (χ3n) is 13.6. The smallest absolute Gasteiger partial charge is 0.0704 e. The monoisotopic (exact) mass is 688 g/mol. The molecule has 0 heterocycles. The first-order valence-corrected chi connectivity index (χ1v) is 22.4. The Morgan fingerprint density at radius 1 is 0.490 bits per heavy atom. The molecule has 2 saturated carbocycles. The summed E-state index contributed by atoms with van der Waals surface area (Å²) >= 11 is 0. The molecule has 2 fully saturated rings. The highest BCUT2D eigenvalue weighted by Gasteiger charge is 2.55. The molecule has 4 aromatic rings. The van der Waals surface area contributed by atoms with Crippen molar-refractivity contribution in [3.8, 4) is 22.3 Å². The first kappa shape index (κ1) is 34.7. The lowest BCUT2D eigenvalue weighted by Crippen LogP contribution is -2.48. The summed E-state index contributed by atoms with van der Waals surface area (Å²) in [5, 5.41) is 3.75. The van der Waals surface area contributed by atoms with Crippen molar-refractivity contribution in [2.45, 2.75) is 142 Å². The molecule has 0 atom stereocenters. The van der Waals surface area contributed by atoms with E-state index in [9.17, 15) is 0 Å². The molecule has 1 heteroatoms. The van der Waals surface area contributed by atoms with E-state index in [4.69, 9.17) is 0 Å². The van der Waals surface area contributed by atoms with E-state index in [0.717, 1.165) is 23.9 Å². The number of aryl methyl sites for hydroxylation is 2. The Kier molecular flexibility index (Phi) is 8.77. The van der Waals surface area contributed by atoms with Gasteiger partial charge in [-0.05, 0) is 115 Å². The summed E-state index contributed by atoms with van der Waals surface area (Å²) in [5.41, 5.74) is 19.6. The van der Waals surface area contributed by atoms with E-state index in [0.29, 0.717) is 0 Å². The maximum Gasteiger partial charge on any atom is 0.115 e. The molecule has 0 amide bonds. The summed E-state index contributed by atoms with van der Waals surface area (Å²) < 4.78 is 0. The van der Waals surface area contributed by atoms with Crippen LogP contribution in [-0.4, -0.2) is 8.07 Å².